The predicted molar refractivity (Wildman–Crippen MR) is 64.8 cm³/mol. The highest BCUT2D eigenvalue weighted by Crippen LogP contribution is 2.15. The molecule has 5 nitrogen and oxygen atoms in total. The summed E-state index contributed by atoms with van der Waals surface area (Å²) < 4.78 is 0. The molecule has 5 heteroatoms. The second-order valence-corrected chi connectivity index (χ2v) is 4.71. The molecule has 1 saturated heterocycles. The molecule has 0 aliphatic carbocycles. The highest BCUT2D eigenvalue weighted by atomic mass is 16.1. The Balaban J connectivity index is 2.02. The maximum Gasteiger partial charge on any atom is 0.254 e. The van der Waals surface area contributed by atoms with Crippen molar-refractivity contribution in [2.24, 2.45) is 5.92 Å². The first kappa shape index (κ1) is 12.0. The smallest absolute Gasteiger partial charge is 0.254 e. The van der Waals surface area contributed by atoms with Crippen LogP contribution in [0.25, 0.3) is 0 Å². The summed E-state index contributed by atoms with van der Waals surface area (Å²) in [5, 5.41) is 6.12. The summed E-state index contributed by atoms with van der Waals surface area (Å²) >= 11 is 0. The van der Waals surface area contributed by atoms with E-state index in [9.17, 15) is 4.79 Å². The molecule has 0 radical (unpaired) electrons. The zero-order chi connectivity index (χ0) is 12.3. The van der Waals surface area contributed by atoms with Crippen molar-refractivity contribution in [1.29, 1.82) is 0 Å². The summed E-state index contributed by atoms with van der Waals surface area (Å²) in [6, 6.07) is 0. The third kappa shape index (κ3) is 2.79. The Morgan fingerprint density at radius 3 is 2.94 bits per heavy atom. The Morgan fingerprint density at radius 1 is 1.59 bits per heavy atom. The summed E-state index contributed by atoms with van der Waals surface area (Å²) in [7, 11) is 0. The second kappa shape index (κ2) is 5.23. The molecule has 1 aliphatic rings. The van der Waals surface area contributed by atoms with Crippen LogP contribution in [-0.4, -0.2) is 35.5 Å². The minimum absolute atomic E-state index is 0.0683. The van der Waals surface area contributed by atoms with Crippen molar-refractivity contribution < 1.29 is 4.79 Å². The molecule has 1 amide bonds. The van der Waals surface area contributed by atoms with E-state index in [0.29, 0.717) is 11.5 Å². The van der Waals surface area contributed by atoms with Gasteiger partial charge in [-0.15, -0.1) is 0 Å². The monoisotopic (exact) mass is 234 g/mol. The van der Waals surface area contributed by atoms with Gasteiger partial charge in [0.1, 0.15) is 6.33 Å². The normalized spacial score (nSPS) is 15.7. The third-order valence-electron chi connectivity index (χ3n) is 2.95. The number of nitrogens with one attached hydrogen (secondary N) is 2. The van der Waals surface area contributed by atoms with E-state index in [1.807, 2.05) is 13.8 Å². The van der Waals surface area contributed by atoms with Gasteiger partial charge in [-0.3, -0.25) is 4.79 Å². The van der Waals surface area contributed by atoms with Crippen molar-refractivity contribution in [3.8, 4) is 0 Å². The van der Waals surface area contributed by atoms with E-state index in [-0.39, 0.29) is 11.8 Å². The molecule has 2 heterocycles. The fourth-order valence-corrected chi connectivity index (χ4v) is 1.80. The minimum atomic E-state index is -0.0683. The number of hydrogen-bond acceptors (Lipinski definition) is 4. The molecule has 0 atom stereocenters. The highest BCUT2D eigenvalue weighted by molar-refractivity contribution is 5.95. The Bertz CT molecular complexity index is 401. The molecule has 2 rings (SSSR count). The zero-order valence-corrected chi connectivity index (χ0v) is 10.2. The quantitative estimate of drug-likeness (QED) is 0.798. The number of aromatic nitrogens is 2. The molecule has 0 spiro atoms. The number of carbonyl (C=O) groups excluding carboxylic acids is 1. The number of nitrogens with zero attached hydrogens (tertiary/aromatic N) is 2. The van der Waals surface area contributed by atoms with Gasteiger partial charge in [-0.05, 0) is 5.92 Å². The molecule has 92 valence electrons. The van der Waals surface area contributed by atoms with Gasteiger partial charge >= 0.3 is 0 Å². The standard InChI is InChI=1S/C12H18N4O/c1-8(2)11-10(6-14-7-16-11)12(17)15-5-9-3-13-4-9/h6-9,13H,3-5H2,1-2H3,(H,15,17). The minimum Gasteiger partial charge on any atom is -0.352 e. The van der Waals surface area contributed by atoms with Gasteiger partial charge in [0.2, 0.25) is 0 Å². The molecular formula is C12H18N4O. The fraction of sp³-hybridized carbons (Fsp3) is 0.583. The van der Waals surface area contributed by atoms with Gasteiger partial charge in [0, 0.05) is 31.7 Å². The largest absolute Gasteiger partial charge is 0.352 e. The second-order valence-electron chi connectivity index (χ2n) is 4.71. The lowest BCUT2D eigenvalue weighted by molar-refractivity contribution is 0.0940. The van der Waals surface area contributed by atoms with Crippen LogP contribution in [0.15, 0.2) is 12.5 Å². The maximum atomic E-state index is 12.0. The molecule has 2 N–H and O–H groups in total. The van der Waals surface area contributed by atoms with E-state index in [1.165, 1.54) is 6.33 Å². The average Bonchev–Trinajstić information content (AvgIpc) is 2.26. The van der Waals surface area contributed by atoms with E-state index < -0.39 is 0 Å². The van der Waals surface area contributed by atoms with Crippen LogP contribution in [0.4, 0.5) is 0 Å². The van der Waals surface area contributed by atoms with Crippen LogP contribution in [0, 0.1) is 5.92 Å². The molecule has 0 bridgehead atoms. The van der Waals surface area contributed by atoms with E-state index in [2.05, 4.69) is 20.6 Å². The summed E-state index contributed by atoms with van der Waals surface area (Å²) in [5.74, 6) is 0.719. The van der Waals surface area contributed by atoms with Crippen molar-refractivity contribution >= 4 is 5.91 Å². The third-order valence-corrected chi connectivity index (χ3v) is 2.95. The number of amides is 1. The van der Waals surface area contributed by atoms with Crippen molar-refractivity contribution in [3.05, 3.63) is 23.8 Å². The molecule has 1 aliphatic heterocycles. The van der Waals surface area contributed by atoms with Gasteiger partial charge in [-0.2, -0.15) is 0 Å². The molecule has 17 heavy (non-hydrogen) atoms. The van der Waals surface area contributed by atoms with Gasteiger partial charge in [-0.25, -0.2) is 9.97 Å². The highest BCUT2D eigenvalue weighted by Gasteiger charge is 2.19. The molecule has 0 aromatic carbocycles. The average molecular weight is 234 g/mol. The van der Waals surface area contributed by atoms with Crippen LogP contribution < -0.4 is 10.6 Å². The molecule has 0 saturated carbocycles. The van der Waals surface area contributed by atoms with Crippen molar-refractivity contribution in [2.75, 3.05) is 19.6 Å². The lowest BCUT2D eigenvalue weighted by Crippen LogP contribution is -2.48. The molecule has 1 aromatic heterocycles. The summed E-state index contributed by atoms with van der Waals surface area (Å²) in [4.78, 5) is 20.1. The Kier molecular flexibility index (Phi) is 3.68. The first-order valence-electron chi connectivity index (χ1n) is 5.97. The van der Waals surface area contributed by atoms with Gasteiger partial charge in [0.05, 0.1) is 11.3 Å². The van der Waals surface area contributed by atoms with Crippen LogP contribution in [0.1, 0.15) is 35.8 Å². The number of carbonyl (C=O) groups is 1. The first-order chi connectivity index (χ1) is 8.18. The predicted octanol–water partition coefficient (Wildman–Crippen LogP) is 0.549. The lowest BCUT2D eigenvalue weighted by Gasteiger charge is -2.27. The van der Waals surface area contributed by atoms with Crippen LogP contribution in [0.2, 0.25) is 0 Å². The van der Waals surface area contributed by atoms with Gasteiger partial charge in [-0.1, -0.05) is 13.8 Å². The van der Waals surface area contributed by atoms with E-state index in [4.69, 9.17) is 0 Å². The van der Waals surface area contributed by atoms with E-state index in [0.717, 1.165) is 25.3 Å². The van der Waals surface area contributed by atoms with Gasteiger partial charge in [0.25, 0.3) is 5.91 Å². The number of rotatable bonds is 4. The van der Waals surface area contributed by atoms with Gasteiger partial charge in [0.15, 0.2) is 0 Å². The number of hydrogen-bond donors (Lipinski definition) is 2. The first-order valence-corrected chi connectivity index (χ1v) is 5.97. The Morgan fingerprint density at radius 2 is 2.35 bits per heavy atom. The van der Waals surface area contributed by atoms with Crippen molar-refractivity contribution in [3.63, 3.8) is 0 Å². The van der Waals surface area contributed by atoms with Crippen LogP contribution >= 0.6 is 0 Å². The van der Waals surface area contributed by atoms with Gasteiger partial charge < -0.3 is 10.6 Å². The van der Waals surface area contributed by atoms with Crippen LogP contribution in [-0.2, 0) is 0 Å². The van der Waals surface area contributed by atoms with E-state index >= 15 is 0 Å². The maximum absolute atomic E-state index is 12.0. The molecule has 1 fully saturated rings. The lowest BCUT2D eigenvalue weighted by atomic mass is 10.0. The summed E-state index contributed by atoms with van der Waals surface area (Å²) in [6.07, 6.45) is 3.08. The summed E-state index contributed by atoms with van der Waals surface area (Å²) in [5.41, 5.74) is 1.40. The van der Waals surface area contributed by atoms with E-state index in [1.54, 1.807) is 6.20 Å². The van der Waals surface area contributed by atoms with Crippen LogP contribution in [0.3, 0.4) is 0 Å². The Hall–Kier alpha value is -1.49. The molecule has 1 aromatic rings. The van der Waals surface area contributed by atoms with Crippen molar-refractivity contribution in [2.45, 2.75) is 19.8 Å². The fourth-order valence-electron chi connectivity index (χ4n) is 1.80. The van der Waals surface area contributed by atoms with Crippen molar-refractivity contribution in [1.82, 2.24) is 20.6 Å². The topological polar surface area (TPSA) is 66.9 Å². The SMILES string of the molecule is CC(C)c1ncncc1C(=O)NCC1CNC1. The zero-order valence-electron chi connectivity index (χ0n) is 10.2. The van der Waals surface area contributed by atoms with Crippen LogP contribution in [0.5, 0.6) is 0 Å². The molecule has 0 unspecified atom stereocenters. The Labute approximate surface area is 101 Å². The molecular weight excluding hydrogens is 216 g/mol. The summed E-state index contributed by atoms with van der Waals surface area (Å²) in [6.45, 7) is 6.74.